The lowest BCUT2D eigenvalue weighted by atomic mass is 10.4. The van der Waals surface area contributed by atoms with Crippen LogP contribution < -0.4 is 4.90 Å². The van der Waals surface area contributed by atoms with Crippen molar-refractivity contribution in [2.75, 3.05) is 31.2 Å². The maximum atomic E-state index is 5.32. The number of morpholine rings is 1. The number of imidazole rings is 1. The third-order valence-corrected chi connectivity index (χ3v) is 2.64. The summed E-state index contributed by atoms with van der Waals surface area (Å²) in [4.78, 5) is 6.74. The zero-order valence-electron chi connectivity index (χ0n) is 8.86. The Morgan fingerprint density at radius 2 is 2.14 bits per heavy atom. The van der Waals surface area contributed by atoms with Crippen LogP contribution in [0.25, 0.3) is 0 Å². The molecule has 1 fully saturated rings. The fraction of sp³-hybridized carbons (Fsp3) is 0.700. The molecule has 0 N–H and O–H groups in total. The van der Waals surface area contributed by atoms with E-state index in [1.807, 2.05) is 6.20 Å². The van der Waals surface area contributed by atoms with E-state index >= 15 is 0 Å². The van der Waals surface area contributed by atoms with E-state index in [1.165, 1.54) is 5.69 Å². The Labute approximate surface area is 84.5 Å². The first-order valence-electron chi connectivity index (χ1n) is 5.17. The summed E-state index contributed by atoms with van der Waals surface area (Å²) in [6.07, 6.45) is 1.94. The van der Waals surface area contributed by atoms with Crippen molar-refractivity contribution in [3.63, 3.8) is 0 Å². The second-order valence-electron chi connectivity index (χ2n) is 3.54. The molecule has 1 aliphatic heterocycles. The van der Waals surface area contributed by atoms with Crippen LogP contribution in [0, 0.1) is 6.92 Å². The molecule has 1 aromatic rings. The fourth-order valence-corrected chi connectivity index (χ4v) is 1.85. The minimum Gasteiger partial charge on any atom is -0.378 e. The maximum Gasteiger partial charge on any atom is 0.205 e. The Morgan fingerprint density at radius 3 is 2.79 bits per heavy atom. The van der Waals surface area contributed by atoms with E-state index in [4.69, 9.17) is 4.74 Å². The summed E-state index contributed by atoms with van der Waals surface area (Å²) >= 11 is 0. The Bertz CT molecular complexity index is 302. The molecule has 0 unspecified atom stereocenters. The summed E-state index contributed by atoms with van der Waals surface area (Å²) in [5.41, 5.74) is 1.23. The molecule has 4 heteroatoms. The van der Waals surface area contributed by atoms with Crippen LogP contribution in [0.5, 0.6) is 0 Å². The van der Waals surface area contributed by atoms with Crippen LogP contribution in [0.2, 0.25) is 0 Å². The van der Waals surface area contributed by atoms with Crippen LogP contribution in [-0.4, -0.2) is 35.9 Å². The van der Waals surface area contributed by atoms with Crippen LogP contribution in [0.15, 0.2) is 6.20 Å². The van der Waals surface area contributed by atoms with Crippen LogP contribution in [0.3, 0.4) is 0 Å². The molecule has 78 valence electrons. The first kappa shape index (κ1) is 9.52. The predicted octanol–water partition coefficient (Wildman–Crippen LogP) is 1.05. The summed E-state index contributed by atoms with van der Waals surface area (Å²) < 4.78 is 7.56. The summed E-state index contributed by atoms with van der Waals surface area (Å²) in [7, 11) is 0. The Balaban J connectivity index is 2.21. The molecule has 2 rings (SSSR count). The predicted molar refractivity (Wildman–Crippen MR) is 55.7 cm³/mol. The fourth-order valence-electron chi connectivity index (χ4n) is 1.85. The molecule has 4 nitrogen and oxygen atoms in total. The van der Waals surface area contributed by atoms with E-state index in [1.54, 1.807) is 0 Å². The van der Waals surface area contributed by atoms with Gasteiger partial charge in [0.2, 0.25) is 5.95 Å². The van der Waals surface area contributed by atoms with Gasteiger partial charge in [0.05, 0.1) is 19.4 Å². The topological polar surface area (TPSA) is 30.3 Å². The lowest BCUT2D eigenvalue weighted by molar-refractivity contribution is 0.121. The zero-order valence-corrected chi connectivity index (χ0v) is 8.86. The lowest BCUT2D eigenvalue weighted by Crippen LogP contribution is -2.38. The van der Waals surface area contributed by atoms with Gasteiger partial charge in [-0.25, -0.2) is 4.98 Å². The lowest BCUT2D eigenvalue weighted by Gasteiger charge is -2.28. The highest BCUT2D eigenvalue weighted by Crippen LogP contribution is 2.15. The molecule has 1 saturated heterocycles. The second-order valence-corrected chi connectivity index (χ2v) is 3.54. The van der Waals surface area contributed by atoms with Gasteiger partial charge in [-0.3, -0.25) is 0 Å². The van der Waals surface area contributed by atoms with Gasteiger partial charge in [0.15, 0.2) is 0 Å². The number of ether oxygens (including phenoxy) is 1. The molecule has 0 saturated carbocycles. The van der Waals surface area contributed by atoms with Crippen molar-refractivity contribution in [2.45, 2.75) is 20.4 Å². The van der Waals surface area contributed by atoms with Crippen molar-refractivity contribution < 1.29 is 4.74 Å². The van der Waals surface area contributed by atoms with Gasteiger partial charge in [-0.05, 0) is 13.8 Å². The first-order chi connectivity index (χ1) is 6.83. The molecule has 0 aliphatic carbocycles. The molecule has 0 spiro atoms. The van der Waals surface area contributed by atoms with Crippen LogP contribution in [0.1, 0.15) is 12.6 Å². The molecule has 2 heterocycles. The maximum absolute atomic E-state index is 5.32. The number of aromatic nitrogens is 2. The molecule has 1 aromatic heterocycles. The molecule has 0 atom stereocenters. The Morgan fingerprint density at radius 1 is 1.43 bits per heavy atom. The van der Waals surface area contributed by atoms with Crippen molar-refractivity contribution >= 4 is 5.95 Å². The van der Waals surface area contributed by atoms with Gasteiger partial charge in [0.1, 0.15) is 0 Å². The molecule has 0 amide bonds. The van der Waals surface area contributed by atoms with Crippen molar-refractivity contribution in [1.29, 1.82) is 0 Å². The quantitative estimate of drug-likeness (QED) is 0.706. The van der Waals surface area contributed by atoms with Crippen molar-refractivity contribution in [1.82, 2.24) is 9.55 Å². The summed E-state index contributed by atoms with van der Waals surface area (Å²) in [5.74, 6) is 1.09. The van der Waals surface area contributed by atoms with Crippen LogP contribution in [-0.2, 0) is 11.3 Å². The van der Waals surface area contributed by atoms with E-state index in [9.17, 15) is 0 Å². The molecule has 14 heavy (non-hydrogen) atoms. The van der Waals surface area contributed by atoms with E-state index in [0.717, 1.165) is 38.8 Å². The van der Waals surface area contributed by atoms with Crippen molar-refractivity contribution in [3.8, 4) is 0 Å². The van der Waals surface area contributed by atoms with Crippen molar-refractivity contribution in [3.05, 3.63) is 11.9 Å². The largest absolute Gasteiger partial charge is 0.378 e. The van der Waals surface area contributed by atoms with E-state index < -0.39 is 0 Å². The van der Waals surface area contributed by atoms with Gasteiger partial charge in [-0.15, -0.1) is 0 Å². The average Bonchev–Trinajstić information content (AvgIpc) is 2.61. The number of anilines is 1. The standard InChI is InChI=1S/C10H17N3O/c1-3-13-9(2)8-11-10(13)12-4-6-14-7-5-12/h8H,3-7H2,1-2H3. The van der Waals surface area contributed by atoms with E-state index in [0.29, 0.717) is 0 Å². The van der Waals surface area contributed by atoms with Gasteiger partial charge in [-0.1, -0.05) is 0 Å². The van der Waals surface area contributed by atoms with Gasteiger partial charge in [0, 0.05) is 25.3 Å². The molecular weight excluding hydrogens is 178 g/mol. The van der Waals surface area contributed by atoms with Crippen molar-refractivity contribution in [2.24, 2.45) is 0 Å². The van der Waals surface area contributed by atoms with E-state index in [-0.39, 0.29) is 0 Å². The second kappa shape index (κ2) is 4.00. The number of hydrogen-bond acceptors (Lipinski definition) is 3. The Hall–Kier alpha value is -1.03. The number of hydrogen-bond donors (Lipinski definition) is 0. The molecule has 0 radical (unpaired) electrons. The minimum absolute atomic E-state index is 0.815. The summed E-state index contributed by atoms with van der Waals surface area (Å²) in [6, 6.07) is 0. The zero-order chi connectivity index (χ0) is 9.97. The highest BCUT2D eigenvalue weighted by atomic mass is 16.5. The number of rotatable bonds is 2. The third kappa shape index (κ3) is 1.62. The molecular formula is C10H17N3O. The Kier molecular flexibility index (Phi) is 2.72. The normalized spacial score (nSPS) is 17.4. The van der Waals surface area contributed by atoms with Crippen LogP contribution in [0.4, 0.5) is 5.95 Å². The minimum atomic E-state index is 0.815. The smallest absolute Gasteiger partial charge is 0.205 e. The van der Waals surface area contributed by atoms with E-state index in [2.05, 4.69) is 28.3 Å². The first-order valence-corrected chi connectivity index (χ1v) is 5.17. The summed E-state index contributed by atoms with van der Waals surface area (Å²) in [6.45, 7) is 8.77. The highest BCUT2D eigenvalue weighted by molar-refractivity contribution is 5.34. The molecule has 0 bridgehead atoms. The highest BCUT2D eigenvalue weighted by Gasteiger charge is 2.16. The average molecular weight is 195 g/mol. The molecule has 0 aromatic carbocycles. The number of aryl methyl sites for hydroxylation is 1. The third-order valence-electron chi connectivity index (χ3n) is 2.64. The van der Waals surface area contributed by atoms with Gasteiger partial charge >= 0.3 is 0 Å². The summed E-state index contributed by atoms with van der Waals surface area (Å²) in [5, 5.41) is 0. The van der Waals surface area contributed by atoms with Gasteiger partial charge < -0.3 is 14.2 Å². The monoisotopic (exact) mass is 195 g/mol. The van der Waals surface area contributed by atoms with Crippen LogP contribution >= 0.6 is 0 Å². The SMILES string of the molecule is CCn1c(C)cnc1N1CCOCC1. The van der Waals surface area contributed by atoms with Gasteiger partial charge in [0.25, 0.3) is 0 Å². The van der Waals surface area contributed by atoms with Gasteiger partial charge in [-0.2, -0.15) is 0 Å². The number of nitrogens with zero attached hydrogens (tertiary/aromatic N) is 3. The molecule has 1 aliphatic rings.